The van der Waals surface area contributed by atoms with Crippen molar-refractivity contribution < 1.29 is 28.7 Å². The molecule has 9 heteroatoms. The third-order valence-corrected chi connectivity index (χ3v) is 4.28. The number of benzene rings is 1. The molecule has 0 saturated heterocycles. The van der Waals surface area contributed by atoms with Crippen molar-refractivity contribution in [1.82, 2.24) is 10.2 Å². The first kappa shape index (κ1) is 26.5. The Bertz CT molecular complexity index is 842. The number of hydrogen-bond acceptors (Lipinski definition) is 6. The van der Waals surface area contributed by atoms with Gasteiger partial charge in [-0.3, -0.25) is 19.3 Å². The molecule has 0 radical (unpaired) electrons. The van der Waals surface area contributed by atoms with E-state index in [1.165, 1.54) is 6.92 Å². The fourth-order valence-electron chi connectivity index (χ4n) is 2.57. The summed E-state index contributed by atoms with van der Waals surface area (Å²) in [6, 6.07) is 6.96. The molecule has 0 aliphatic heterocycles. The molecule has 174 valence electrons. The number of carbonyl (C=O) groups is 4. The second-order valence-electron chi connectivity index (χ2n) is 8.14. The quantitative estimate of drug-likeness (QED) is 0.417. The SMILES string of the molecule is C#CCN(C(=O)OC(C)(C)C)[C@@H](C)C(=O)N[C@H](CCC(=O)OCc1ccccc1)C(N)=O. The number of nitrogens with zero attached hydrogens (tertiary/aromatic N) is 1. The van der Waals surface area contributed by atoms with Gasteiger partial charge in [0.2, 0.25) is 11.8 Å². The Balaban J connectivity index is 2.67. The maximum Gasteiger partial charge on any atom is 0.411 e. The van der Waals surface area contributed by atoms with E-state index in [2.05, 4.69) is 11.2 Å². The summed E-state index contributed by atoms with van der Waals surface area (Å²) in [4.78, 5) is 49.9. The summed E-state index contributed by atoms with van der Waals surface area (Å²) in [5.74, 6) is 0.292. The smallest absolute Gasteiger partial charge is 0.411 e. The van der Waals surface area contributed by atoms with Crippen LogP contribution in [0.15, 0.2) is 30.3 Å². The Morgan fingerprint density at radius 1 is 1.19 bits per heavy atom. The van der Waals surface area contributed by atoms with Gasteiger partial charge in [-0.25, -0.2) is 4.79 Å². The second kappa shape index (κ2) is 12.3. The summed E-state index contributed by atoms with van der Waals surface area (Å²) in [5.41, 5.74) is 5.41. The van der Waals surface area contributed by atoms with E-state index in [0.717, 1.165) is 10.5 Å². The van der Waals surface area contributed by atoms with Crippen molar-refractivity contribution in [1.29, 1.82) is 0 Å². The van der Waals surface area contributed by atoms with E-state index < -0.39 is 41.6 Å². The van der Waals surface area contributed by atoms with Crippen molar-refractivity contribution in [2.45, 2.75) is 64.8 Å². The van der Waals surface area contributed by atoms with Gasteiger partial charge in [0.05, 0.1) is 6.54 Å². The third kappa shape index (κ3) is 9.51. The lowest BCUT2D eigenvalue weighted by Gasteiger charge is -2.30. The monoisotopic (exact) mass is 445 g/mol. The predicted molar refractivity (Wildman–Crippen MR) is 118 cm³/mol. The minimum absolute atomic E-state index is 0.0526. The highest BCUT2D eigenvalue weighted by molar-refractivity contribution is 5.90. The van der Waals surface area contributed by atoms with E-state index in [4.69, 9.17) is 21.6 Å². The lowest BCUT2D eigenvalue weighted by atomic mass is 10.1. The molecule has 1 aromatic rings. The molecule has 0 heterocycles. The molecule has 0 bridgehead atoms. The van der Waals surface area contributed by atoms with Crippen LogP contribution in [0.3, 0.4) is 0 Å². The average molecular weight is 446 g/mol. The molecule has 0 fully saturated rings. The Labute approximate surface area is 188 Å². The van der Waals surface area contributed by atoms with Crippen LogP contribution in [-0.2, 0) is 30.5 Å². The van der Waals surface area contributed by atoms with Crippen molar-refractivity contribution in [2.75, 3.05) is 6.54 Å². The Morgan fingerprint density at radius 3 is 2.34 bits per heavy atom. The molecular weight excluding hydrogens is 414 g/mol. The van der Waals surface area contributed by atoms with Gasteiger partial charge in [-0.2, -0.15) is 0 Å². The van der Waals surface area contributed by atoms with Crippen LogP contribution in [0.25, 0.3) is 0 Å². The number of nitrogens with two attached hydrogens (primary N) is 1. The first-order valence-corrected chi connectivity index (χ1v) is 10.2. The van der Waals surface area contributed by atoms with Crippen LogP contribution in [0, 0.1) is 12.3 Å². The van der Waals surface area contributed by atoms with Gasteiger partial charge in [0, 0.05) is 6.42 Å². The Hall–Kier alpha value is -3.54. The predicted octanol–water partition coefficient (Wildman–Crippen LogP) is 1.74. The zero-order chi connectivity index (χ0) is 24.3. The summed E-state index contributed by atoms with van der Waals surface area (Å²) in [6.07, 6.45) is 4.37. The van der Waals surface area contributed by atoms with Crippen molar-refractivity contribution in [3.05, 3.63) is 35.9 Å². The molecule has 1 aromatic carbocycles. The molecule has 0 aliphatic rings. The van der Waals surface area contributed by atoms with Gasteiger partial charge in [0.25, 0.3) is 0 Å². The van der Waals surface area contributed by atoms with Gasteiger partial charge in [0.15, 0.2) is 0 Å². The maximum atomic E-state index is 12.6. The molecule has 3 N–H and O–H groups in total. The van der Waals surface area contributed by atoms with Crippen LogP contribution in [0.5, 0.6) is 0 Å². The molecule has 0 aromatic heterocycles. The Kier molecular flexibility index (Phi) is 10.2. The molecule has 1 rings (SSSR count). The first-order chi connectivity index (χ1) is 14.9. The highest BCUT2D eigenvalue weighted by atomic mass is 16.6. The average Bonchev–Trinajstić information content (AvgIpc) is 2.71. The number of terminal acetylenes is 1. The molecular formula is C23H31N3O6. The number of esters is 1. The zero-order valence-electron chi connectivity index (χ0n) is 18.9. The van der Waals surface area contributed by atoms with Gasteiger partial charge in [-0.05, 0) is 39.7 Å². The molecule has 0 saturated carbocycles. The summed E-state index contributed by atoms with van der Waals surface area (Å²) >= 11 is 0. The van der Waals surface area contributed by atoms with Gasteiger partial charge in [-0.1, -0.05) is 36.3 Å². The van der Waals surface area contributed by atoms with Crippen LogP contribution in [0.2, 0.25) is 0 Å². The summed E-state index contributed by atoms with van der Waals surface area (Å²) in [7, 11) is 0. The molecule has 3 amide bonds. The van der Waals surface area contributed by atoms with Crippen molar-refractivity contribution >= 4 is 23.9 Å². The number of ether oxygens (including phenoxy) is 2. The van der Waals surface area contributed by atoms with E-state index in [0.29, 0.717) is 0 Å². The standard InChI is InChI=1S/C23H31N3O6/c1-6-14-26(22(30)32-23(3,4)5)16(2)21(29)25-18(20(24)28)12-13-19(27)31-15-17-10-8-7-9-11-17/h1,7-11,16,18H,12-15H2,2-5H3,(H2,24,28)(H,25,29)/t16-,18+/m0/s1. The molecule has 0 spiro atoms. The van der Waals surface area contributed by atoms with Crippen molar-refractivity contribution in [2.24, 2.45) is 5.73 Å². The summed E-state index contributed by atoms with van der Waals surface area (Å²) in [5, 5.41) is 2.46. The minimum Gasteiger partial charge on any atom is -0.461 e. The minimum atomic E-state index is -1.12. The molecule has 0 aliphatic carbocycles. The van der Waals surface area contributed by atoms with Crippen molar-refractivity contribution in [3.63, 3.8) is 0 Å². The van der Waals surface area contributed by atoms with E-state index in [9.17, 15) is 19.2 Å². The molecule has 9 nitrogen and oxygen atoms in total. The zero-order valence-corrected chi connectivity index (χ0v) is 18.9. The number of carbonyl (C=O) groups excluding carboxylic acids is 4. The lowest BCUT2D eigenvalue weighted by Crippen LogP contribution is -2.54. The molecule has 32 heavy (non-hydrogen) atoms. The van der Waals surface area contributed by atoms with E-state index in [1.807, 2.05) is 30.3 Å². The topological polar surface area (TPSA) is 128 Å². The normalized spacial score (nSPS) is 12.6. The largest absolute Gasteiger partial charge is 0.461 e. The van der Waals surface area contributed by atoms with Crippen LogP contribution >= 0.6 is 0 Å². The molecule has 0 unspecified atom stereocenters. The lowest BCUT2D eigenvalue weighted by molar-refractivity contribution is -0.145. The number of nitrogens with one attached hydrogen (secondary N) is 1. The van der Waals surface area contributed by atoms with Crippen LogP contribution in [0.4, 0.5) is 4.79 Å². The Morgan fingerprint density at radius 2 is 1.81 bits per heavy atom. The molecule has 2 atom stereocenters. The summed E-state index contributed by atoms with van der Waals surface area (Å²) < 4.78 is 10.4. The highest BCUT2D eigenvalue weighted by Crippen LogP contribution is 2.12. The number of amides is 3. The summed E-state index contributed by atoms with van der Waals surface area (Å²) in [6.45, 7) is 6.43. The van der Waals surface area contributed by atoms with Crippen LogP contribution in [0.1, 0.15) is 46.1 Å². The number of primary amides is 1. The second-order valence-corrected chi connectivity index (χ2v) is 8.14. The van der Waals surface area contributed by atoms with Gasteiger partial charge in [0.1, 0.15) is 24.3 Å². The first-order valence-electron chi connectivity index (χ1n) is 10.2. The van der Waals surface area contributed by atoms with E-state index in [1.54, 1.807) is 20.8 Å². The van der Waals surface area contributed by atoms with E-state index >= 15 is 0 Å². The van der Waals surface area contributed by atoms with Crippen molar-refractivity contribution in [3.8, 4) is 12.3 Å². The highest BCUT2D eigenvalue weighted by Gasteiger charge is 2.31. The van der Waals surface area contributed by atoms with Crippen LogP contribution < -0.4 is 11.1 Å². The fraction of sp³-hybridized carbons (Fsp3) is 0.478. The van der Waals surface area contributed by atoms with Gasteiger partial charge < -0.3 is 20.5 Å². The number of hydrogen-bond donors (Lipinski definition) is 2. The fourth-order valence-corrected chi connectivity index (χ4v) is 2.57. The maximum absolute atomic E-state index is 12.6. The third-order valence-electron chi connectivity index (χ3n) is 4.28. The van der Waals surface area contributed by atoms with Gasteiger partial charge in [-0.15, -0.1) is 6.42 Å². The van der Waals surface area contributed by atoms with E-state index in [-0.39, 0.29) is 26.0 Å². The van der Waals surface area contributed by atoms with Crippen LogP contribution in [-0.4, -0.2) is 53.0 Å². The number of rotatable bonds is 10. The van der Waals surface area contributed by atoms with Gasteiger partial charge >= 0.3 is 12.1 Å².